The van der Waals surface area contributed by atoms with Crippen molar-refractivity contribution in [1.29, 1.82) is 0 Å². The third kappa shape index (κ3) is 7.94. The van der Waals surface area contributed by atoms with Crippen LogP contribution in [0.4, 0.5) is 4.79 Å². The number of furan rings is 1. The number of piperazine rings is 1. The SMILES string of the molecule is O=C(N[C@H]1CCCCC/C=C/C2C[C@]2(C(=O)NS(=O)(=O)C2CC2)NC(=O)[C@@H]2CN(C(=O)OCc3cccc4ccccc34)CCN2C1=O)c1ccco1. The molecular weight excluding hydrogens is 703 g/mol. The Hall–Kier alpha value is -5.18. The molecule has 53 heavy (non-hydrogen) atoms. The van der Waals surface area contributed by atoms with Crippen molar-refractivity contribution in [3.8, 4) is 0 Å². The lowest BCUT2D eigenvalue weighted by Gasteiger charge is -2.41. The molecule has 0 spiro atoms. The van der Waals surface area contributed by atoms with Crippen molar-refractivity contribution in [3.05, 3.63) is 84.3 Å². The first-order chi connectivity index (χ1) is 25.6. The van der Waals surface area contributed by atoms with Crippen LogP contribution in [0.2, 0.25) is 0 Å². The van der Waals surface area contributed by atoms with E-state index in [1.807, 2.05) is 54.6 Å². The van der Waals surface area contributed by atoms with Crippen molar-refractivity contribution in [3.63, 3.8) is 0 Å². The number of nitrogens with zero attached hydrogens (tertiary/aromatic N) is 2. The van der Waals surface area contributed by atoms with Gasteiger partial charge in [0.2, 0.25) is 21.8 Å². The van der Waals surface area contributed by atoms with E-state index < -0.39 is 68.5 Å². The summed E-state index contributed by atoms with van der Waals surface area (Å²) >= 11 is 0. The van der Waals surface area contributed by atoms with Crippen LogP contribution in [0.15, 0.2) is 77.4 Å². The number of sulfonamides is 1. The second kappa shape index (κ2) is 15.0. The minimum atomic E-state index is -3.92. The van der Waals surface area contributed by atoms with E-state index in [0.29, 0.717) is 32.1 Å². The fourth-order valence-corrected chi connectivity index (χ4v) is 8.56. The van der Waals surface area contributed by atoms with Crippen LogP contribution in [0.1, 0.15) is 67.5 Å². The summed E-state index contributed by atoms with van der Waals surface area (Å²) in [6, 6.07) is 14.2. The second-order valence-corrected chi connectivity index (χ2v) is 16.2. The number of carbonyl (C=O) groups is 5. The Balaban J connectivity index is 1.15. The standard InChI is InChI=1S/C38H43N5O9S/c44-33-31-23-42(37(48)52-24-26-12-8-11-25-10-6-7-14-29(25)26)19-20-43(31)35(46)30(39-34(45)32-16-9-21-51-32)15-5-3-1-2-4-13-27-22-38(27,40-33)36(47)41-53(49,50)28-17-18-28/h4,6-14,16,21,27-28,30-31H,1-3,5,15,17-20,22-24H2,(H,39,45)(H,40,44)(H,41,47)/b13-4+/t27?,30-,31-,38-/m0/s1. The van der Waals surface area contributed by atoms with Gasteiger partial charge in [0.25, 0.3) is 11.8 Å². The molecule has 0 bridgehead atoms. The zero-order valence-electron chi connectivity index (χ0n) is 29.2. The average molecular weight is 746 g/mol. The van der Waals surface area contributed by atoms with Gasteiger partial charge in [-0.3, -0.25) is 23.9 Å². The van der Waals surface area contributed by atoms with Crippen LogP contribution in [0, 0.1) is 5.92 Å². The monoisotopic (exact) mass is 745 g/mol. The number of hydrogen-bond acceptors (Lipinski definition) is 9. The first-order valence-electron chi connectivity index (χ1n) is 18.1. The highest BCUT2D eigenvalue weighted by atomic mass is 32.2. The molecule has 3 N–H and O–H groups in total. The molecule has 7 rings (SSSR count). The van der Waals surface area contributed by atoms with Gasteiger partial charge in [-0.05, 0) is 67.0 Å². The van der Waals surface area contributed by atoms with Crippen LogP contribution in [0.5, 0.6) is 0 Å². The number of ether oxygens (including phenoxy) is 1. The van der Waals surface area contributed by atoms with Gasteiger partial charge < -0.3 is 29.6 Å². The molecule has 2 aliphatic heterocycles. The predicted octanol–water partition coefficient (Wildman–Crippen LogP) is 3.38. The lowest BCUT2D eigenvalue weighted by Crippen LogP contribution is -2.66. The predicted molar refractivity (Wildman–Crippen MR) is 192 cm³/mol. The van der Waals surface area contributed by atoms with Gasteiger partial charge in [-0.2, -0.15) is 0 Å². The molecule has 2 aliphatic carbocycles. The molecule has 3 fully saturated rings. The number of nitrogens with one attached hydrogen (secondary N) is 3. The molecule has 5 amide bonds. The summed E-state index contributed by atoms with van der Waals surface area (Å²) < 4.78 is 38.8. The van der Waals surface area contributed by atoms with Crippen LogP contribution >= 0.6 is 0 Å². The highest BCUT2D eigenvalue weighted by Crippen LogP contribution is 2.46. The first kappa shape index (κ1) is 36.2. The highest BCUT2D eigenvalue weighted by Gasteiger charge is 2.62. The van der Waals surface area contributed by atoms with Crippen molar-refractivity contribution in [1.82, 2.24) is 25.2 Å². The van der Waals surface area contributed by atoms with Crippen LogP contribution in [0.3, 0.4) is 0 Å². The van der Waals surface area contributed by atoms with Crippen molar-refractivity contribution in [2.45, 2.75) is 80.8 Å². The summed E-state index contributed by atoms with van der Waals surface area (Å²) in [5, 5.41) is 6.86. The van der Waals surface area contributed by atoms with Gasteiger partial charge in [0.15, 0.2) is 5.76 Å². The third-order valence-corrected chi connectivity index (χ3v) is 12.3. The number of allylic oxidation sites excluding steroid dienone is 1. The Morgan fingerprint density at radius 2 is 1.77 bits per heavy atom. The Morgan fingerprint density at radius 3 is 2.57 bits per heavy atom. The quantitative estimate of drug-likeness (QED) is 0.305. The van der Waals surface area contributed by atoms with Crippen molar-refractivity contribution in [2.75, 3.05) is 19.6 Å². The summed E-state index contributed by atoms with van der Waals surface area (Å²) in [6.45, 7) is -0.307. The molecular formula is C38H43N5O9S. The second-order valence-electron chi connectivity index (χ2n) is 14.2. The van der Waals surface area contributed by atoms with Crippen molar-refractivity contribution < 1.29 is 41.5 Å². The Bertz CT molecular complexity index is 2020. The van der Waals surface area contributed by atoms with Gasteiger partial charge in [-0.25, -0.2) is 13.2 Å². The van der Waals surface area contributed by atoms with Gasteiger partial charge in [-0.15, -0.1) is 0 Å². The van der Waals surface area contributed by atoms with Crippen LogP contribution in [-0.4, -0.2) is 90.4 Å². The zero-order valence-corrected chi connectivity index (χ0v) is 30.0. The number of benzene rings is 2. The van der Waals surface area contributed by atoms with Gasteiger partial charge in [0.1, 0.15) is 24.2 Å². The molecule has 3 aromatic rings. The largest absolute Gasteiger partial charge is 0.459 e. The van der Waals surface area contributed by atoms with Crippen molar-refractivity contribution >= 4 is 50.5 Å². The van der Waals surface area contributed by atoms with E-state index in [2.05, 4.69) is 15.4 Å². The fourth-order valence-electron chi connectivity index (χ4n) is 7.20. The van der Waals surface area contributed by atoms with E-state index in [4.69, 9.17) is 9.15 Å². The molecule has 14 nitrogen and oxygen atoms in total. The smallest absolute Gasteiger partial charge is 0.410 e. The minimum absolute atomic E-state index is 0.0240. The summed E-state index contributed by atoms with van der Waals surface area (Å²) in [6.07, 6.45) is 8.59. The maximum Gasteiger partial charge on any atom is 0.410 e. The van der Waals surface area contributed by atoms with Crippen LogP contribution in [0.25, 0.3) is 10.8 Å². The number of amides is 5. The summed E-state index contributed by atoms with van der Waals surface area (Å²) in [4.78, 5) is 71.7. The average Bonchev–Trinajstić information content (AvgIpc) is 4.07. The van der Waals surface area contributed by atoms with Gasteiger partial charge in [-0.1, -0.05) is 67.5 Å². The maximum absolute atomic E-state index is 14.4. The Morgan fingerprint density at radius 1 is 0.962 bits per heavy atom. The van der Waals surface area contributed by atoms with Gasteiger partial charge >= 0.3 is 6.09 Å². The molecule has 4 atom stereocenters. The molecule has 3 heterocycles. The minimum Gasteiger partial charge on any atom is -0.459 e. The molecule has 15 heteroatoms. The van der Waals surface area contributed by atoms with Crippen LogP contribution in [-0.2, 0) is 35.8 Å². The molecule has 1 aromatic heterocycles. The number of hydrogen-bond donors (Lipinski definition) is 3. The highest BCUT2D eigenvalue weighted by molar-refractivity contribution is 7.91. The van der Waals surface area contributed by atoms with Crippen molar-refractivity contribution in [2.24, 2.45) is 5.92 Å². The van der Waals surface area contributed by atoms with Gasteiger partial charge in [0, 0.05) is 19.0 Å². The molecule has 2 saturated carbocycles. The summed E-state index contributed by atoms with van der Waals surface area (Å²) in [5.74, 6) is -3.11. The fraction of sp³-hybridized carbons (Fsp3) is 0.447. The van der Waals surface area contributed by atoms with E-state index >= 15 is 0 Å². The lowest BCUT2D eigenvalue weighted by molar-refractivity contribution is -0.146. The molecule has 2 aromatic carbocycles. The molecule has 0 radical (unpaired) electrons. The van der Waals surface area contributed by atoms with E-state index in [9.17, 15) is 32.4 Å². The normalized spacial score (nSPS) is 25.8. The van der Waals surface area contributed by atoms with E-state index in [-0.39, 0.29) is 38.4 Å². The third-order valence-electron chi connectivity index (χ3n) is 10.5. The summed E-state index contributed by atoms with van der Waals surface area (Å²) in [7, 11) is -3.92. The molecule has 1 saturated heterocycles. The number of rotatable bonds is 7. The lowest BCUT2D eigenvalue weighted by atomic mass is 10.0. The Labute approximate surface area is 307 Å². The topological polar surface area (TPSA) is 184 Å². The number of carbonyl (C=O) groups excluding carboxylic acids is 5. The molecule has 4 aliphatic rings. The molecule has 1 unspecified atom stereocenters. The maximum atomic E-state index is 14.4. The van der Waals surface area contributed by atoms with Crippen LogP contribution < -0.4 is 15.4 Å². The zero-order chi connectivity index (χ0) is 37.2. The Kier molecular flexibility index (Phi) is 10.3. The van der Waals surface area contributed by atoms with E-state index in [0.717, 1.165) is 29.2 Å². The number of fused-ring (bicyclic) bond motifs is 3. The van der Waals surface area contributed by atoms with E-state index in [1.54, 1.807) is 6.07 Å². The first-order valence-corrected chi connectivity index (χ1v) is 19.7. The molecule has 280 valence electrons. The van der Waals surface area contributed by atoms with E-state index in [1.165, 1.54) is 22.1 Å². The summed E-state index contributed by atoms with van der Waals surface area (Å²) in [5.41, 5.74) is -0.761. The van der Waals surface area contributed by atoms with Gasteiger partial charge in [0.05, 0.1) is 18.1 Å².